The van der Waals surface area contributed by atoms with Gasteiger partial charge in [-0.3, -0.25) is 4.79 Å². The third-order valence-corrected chi connectivity index (χ3v) is 6.13. The van der Waals surface area contributed by atoms with Gasteiger partial charge < -0.3 is 9.88 Å². The van der Waals surface area contributed by atoms with Gasteiger partial charge in [0.05, 0.1) is 17.1 Å². The number of rotatable bonds is 9. The number of hydrogen-bond donors (Lipinski definition) is 1. The molecule has 0 bridgehead atoms. The Hall–Kier alpha value is -3.40. The van der Waals surface area contributed by atoms with Crippen molar-refractivity contribution < 1.29 is 4.79 Å². The molecule has 170 valence electrons. The number of carbonyl (C=O) groups excluding carboxylic acids is 1. The number of unbranched alkanes of at least 4 members (excludes halogenated alkanes) is 1. The molecule has 0 fully saturated rings. The zero-order chi connectivity index (χ0) is 23.2. The summed E-state index contributed by atoms with van der Waals surface area (Å²) < 4.78 is 2.24. The Morgan fingerprint density at radius 2 is 1.61 bits per heavy atom. The van der Waals surface area contributed by atoms with Gasteiger partial charge in [0.1, 0.15) is 5.82 Å². The highest BCUT2D eigenvalue weighted by Crippen LogP contribution is 2.27. The fourth-order valence-electron chi connectivity index (χ4n) is 4.22. The van der Waals surface area contributed by atoms with Gasteiger partial charge in [0, 0.05) is 12.1 Å². The van der Waals surface area contributed by atoms with Gasteiger partial charge in [-0.05, 0) is 54.2 Å². The first kappa shape index (κ1) is 22.8. The first-order chi connectivity index (χ1) is 16.1. The number of fused-ring (bicyclic) bond motifs is 1. The van der Waals surface area contributed by atoms with E-state index in [9.17, 15) is 4.79 Å². The van der Waals surface area contributed by atoms with E-state index in [1.54, 1.807) is 0 Å². The second-order valence-corrected chi connectivity index (χ2v) is 9.03. The van der Waals surface area contributed by atoms with Crippen LogP contribution in [0.2, 0.25) is 0 Å². The number of para-hydroxylation sites is 2. The highest BCUT2D eigenvalue weighted by atomic mass is 16.1. The van der Waals surface area contributed by atoms with Gasteiger partial charge in [-0.1, -0.05) is 81.8 Å². The molecule has 4 heteroatoms. The van der Waals surface area contributed by atoms with Crippen LogP contribution in [0.25, 0.3) is 11.0 Å². The molecule has 4 rings (SSSR count). The number of aryl methyl sites for hydroxylation is 1. The molecule has 33 heavy (non-hydrogen) atoms. The van der Waals surface area contributed by atoms with Gasteiger partial charge in [0.15, 0.2) is 0 Å². The summed E-state index contributed by atoms with van der Waals surface area (Å²) in [6.07, 6.45) is 3.39. The minimum atomic E-state index is -0.201. The van der Waals surface area contributed by atoms with Crippen LogP contribution in [0.5, 0.6) is 0 Å². The Balaban J connectivity index is 1.64. The molecule has 0 aliphatic heterocycles. The number of hydrogen-bond acceptors (Lipinski definition) is 2. The van der Waals surface area contributed by atoms with Crippen molar-refractivity contribution in [1.82, 2.24) is 14.9 Å². The highest BCUT2D eigenvalue weighted by molar-refractivity contribution is 5.94. The van der Waals surface area contributed by atoms with Gasteiger partial charge in [-0.2, -0.15) is 0 Å². The lowest BCUT2D eigenvalue weighted by Gasteiger charge is -2.23. The zero-order valence-corrected chi connectivity index (χ0v) is 19.8. The molecule has 0 radical (unpaired) electrons. The van der Waals surface area contributed by atoms with Crippen LogP contribution in [0.3, 0.4) is 0 Å². The van der Waals surface area contributed by atoms with Gasteiger partial charge in [-0.15, -0.1) is 0 Å². The number of nitrogens with one attached hydrogen (secondary N) is 1. The van der Waals surface area contributed by atoms with Crippen molar-refractivity contribution >= 4 is 16.9 Å². The van der Waals surface area contributed by atoms with Crippen LogP contribution in [0.15, 0.2) is 78.9 Å². The van der Waals surface area contributed by atoms with Crippen molar-refractivity contribution in [2.45, 2.75) is 52.6 Å². The van der Waals surface area contributed by atoms with Crippen molar-refractivity contribution in [1.29, 1.82) is 0 Å². The molecular formula is C29H33N3O. The van der Waals surface area contributed by atoms with Crippen molar-refractivity contribution in [3.8, 4) is 0 Å². The molecule has 0 saturated carbocycles. The van der Waals surface area contributed by atoms with Gasteiger partial charge in [0.25, 0.3) is 5.91 Å². The Bertz CT molecular complexity index is 1190. The average Bonchev–Trinajstić information content (AvgIpc) is 3.19. The van der Waals surface area contributed by atoms with E-state index in [1.165, 1.54) is 24.0 Å². The maximum absolute atomic E-state index is 13.2. The molecule has 0 aliphatic carbocycles. The number of carbonyl (C=O) groups is 1. The minimum absolute atomic E-state index is 0.0611. The maximum Gasteiger partial charge on any atom is 0.251 e. The Morgan fingerprint density at radius 1 is 0.909 bits per heavy atom. The molecule has 1 heterocycles. The Kier molecular flexibility index (Phi) is 7.23. The van der Waals surface area contributed by atoms with Gasteiger partial charge in [0.2, 0.25) is 0 Å². The molecule has 1 N–H and O–H groups in total. The number of nitrogens with zero attached hydrogens (tertiary/aromatic N) is 2. The Morgan fingerprint density at radius 3 is 2.30 bits per heavy atom. The lowest BCUT2D eigenvalue weighted by Crippen LogP contribution is -2.33. The van der Waals surface area contributed by atoms with E-state index in [0.717, 1.165) is 23.3 Å². The quantitative estimate of drug-likeness (QED) is 0.321. The van der Waals surface area contributed by atoms with Crippen LogP contribution in [-0.4, -0.2) is 15.5 Å². The number of amides is 1. The van der Waals surface area contributed by atoms with Crippen LogP contribution in [0.1, 0.15) is 67.0 Å². The molecule has 4 nitrogen and oxygen atoms in total. The van der Waals surface area contributed by atoms with Crippen LogP contribution < -0.4 is 5.32 Å². The van der Waals surface area contributed by atoms with E-state index in [4.69, 9.17) is 4.98 Å². The molecule has 1 unspecified atom stereocenters. The van der Waals surface area contributed by atoms with Crippen LogP contribution in [0.4, 0.5) is 0 Å². The first-order valence-electron chi connectivity index (χ1n) is 12.0. The fourth-order valence-corrected chi connectivity index (χ4v) is 4.22. The third-order valence-electron chi connectivity index (χ3n) is 6.13. The molecule has 1 atom stereocenters. The largest absolute Gasteiger partial charge is 0.342 e. The predicted octanol–water partition coefficient (Wildman–Crippen LogP) is 6.55. The van der Waals surface area contributed by atoms with E-state index in [-0.39, 0.29) is 17.9 Å². The number of imidazole rings is 1. The van der Waals surface area contributed by atoms with Crippen molar-refractivity contribution in [2.24, 2.45) is 5.92 Å². The van der Waals surface area contributed by atoms with Crippen LogP contribution in [0, 0.1) is 5.92 Å². The lowest BCUT2D eigenvalue weighted by atomic mass is 10.0. The zero-order valence-electron chi connectivity index (χ0n) is 19.8. The number of benzene rings is 3. The van der Waals surface area contributed by atoms with E-state index in [2.05, 4.69) is 73.1 Å². The molecule has 0 spiro atoms. The topological polar surface area (TPSA) is 46.9 Å². The van der Waals surface area contributed by atoms with Crippen molar-refractivity contribution in [2.75, 3.05) is 0 Å². The molecule has 0 saturated heterocycles. The van der Waals surface area contributed by atoms with E-state index < -0.39 is 0 Å². The fraction of sp³-hybridized carbons (Fsp3) is 0.310. The third kappa shape index (κ3) is 5.33. The molecular weight excluding hydrogens is 406 g/mol. The predicted molar refractivity (Wildman–Crippen MR) is 135 cm³/mol. The normalized spacial score (nSPS) is 12.2. The summed E-state index contributed by atoms with van der Waals surface area (Å²) in [6, 6.07) is 26.4. The first-order valence-corrected chi connectivity index (χ1v) is 12.0. The molecule has 3 aromatic carbocycles. The highest BCUT2D eigenvalue weighted by Gasteiger charge is 2.25. The van der Waals surface area contributed by atoms with Crippen molar-refractivity contribution in [3.05, 3.63) is 101 Å². The standard InChI is InChI=1S/C29H33N3O/c1-4-5-11-22-16-18-24(19-17-22)29(33)31-27(21(2)3)28-30-25-14-9-10-15-26(25)32(28)20-23-12-7-6-8-13-23/h6-10,12-19,21,27H,4-5,11,20H2,1-3H3,(H,31,33). The average molecular weight is 440 g/mol. The summed E-state index contributed by atoms with van der Waals surface area (Å²) >= 11 is 0. The second kappa shape index (κ2) is 10.5. The van der Waals surface area contributed by atoms with Crippen molar-refractivity contribution in [3.63, 3.8) is 0 Å². The molecule has 0 aliphatic rings. The maximum atomic E-state index is 13.2. The van der Waals surface area contributed by atoms with E-state index in [0.29, 0.717) is 12.1 Å². The minimum Gasteiger partial charge on any atom is -0.342 e. The molecule has 4 aromatic rings. The summed E-state index contributed by atoms with van der Waals surface area (Å²) in [5.41, 5.74) is 5.20. The summed E-state index contributed by atoms with van der Waals surface area (Å²) in [5.74, 6) is 1.01. The van der Waals surface area contributed by atoms with E-state index in [1.807, 2.05) is 36.4 Å². The number of aromatic nitrogens is 2. The SMILES string of the molecule is CCCCc1ccc(C(=O)NC(c2nc3ccccc3n2Cc2ccccc2)C(C)C)cc1. The summed E-state index contributed by atoms with van der Waals surface area (Å²) in [7, 11) is 0. The monoisotopic (exact) mass is 439 g/mol. The van der Waals surface area contributed by atoms with Gasteiger partial charge >= 0.3 is 0 Å². The Labute approximate surface area is 196 Å². The lowest BCUT2D eigenvalue weighted by molar-refractivity contribution is 0.0922. The smallest absolute Gasteiger partial charge is 0.251 e. The van der Waals surface area contributed by atoms with Gasteiger partial charge in [-0.25, -0.2) is 4.98 Å². The summed E-state index contributed by atoms with van der Waals surface area (Å²) in [5, 5.41) is 3.28. The molecule has 1 amide bonds. The van der Waals surface area contributed by atoms with E-state index >= 15 is 0 Å². The second-order valence-electron chi connectivity index (χ2n) is 9.03. The van der Waals surface area contributed by atoms with Crippen LogP contribution >= 0.6 is 0 Å². The molecule has 1 aromatic heterocycles. The summed E-state index contributed by atoms with van der Waals surface area (Å²) in [4.78, 5) is 18.2. The summed E-state index contributed by atoms with van der Waals surface area (Å²) in [6.45, 7) is 7.16. The van der Waals surface area contributed by atoms with Crippen LogP contribution in [-0.2, 0) is 13.0 Å².